The third-order valence-corrected chi connectivity index (χ3v) is 3.52. The van der Waals surface area contributed by atoms with Gasteiger partial charge in [-0.05, 0) is 31.2 Å². The Bertz CT molecular complexity index is 496. The second-order valence-electron chi connectivity index (χ2n) is 3.88. The van der Waals surface area contributed by atoms with Crippen molar-refractivity contribution in [2.45, 2.75) is 20.0 Å². The molecule has 1 N–H and O–H groups in total. The van der Waals surface area contributed by atoms with Crippen LogP contribution in [0.2, 0.25) is 0 Å². The Labute approximate surface area is 116 Å². The van der Waals surface area contributed by atoms with Crippen LogP contribution in [0.4, 0.5) is 0 Å². The summed E-state index contributed by atoms with van der Waals surface area (Å²) in [4.78, 5) is 5.10. The summed E-state index contributed by atoms with van der Waals surface area (Å²) in [5.74, 6) is 1.67. The molecular formula is C14H17NO3S. The molecule has 1 heterocycles. The molecule has 0 atom stereocenters. The first-order valence-electron chi connectivity index (χ1n) is 6.22. The summed E-state index contributed by atoms with van der Waals surface area (Å²) in [6.07, 6.45) is 2.45. The number of aromatic nitrogens is 1. The molecule has 0 aliphatic carbocycles. The van der Waals surface area contributed by atoms with Gasteiger partial charge < -0.3 is 14.6 Å². The Balaban J connectivity index is 1.78. The van der Waals surface area contributed by atoms with Gasteiger partial charge in [0, 0.05) is 12.6 Å². The second kappa shape index (κ2) is 7.11. The highest BCUT2D eigenvalue weighted by Gasteiger charge is 2.02. The van der Waals surface area contributed by atoms with E-state index in [0.717, 1.165) is 27.8 Å². The average Bonchev–Trinajstić information content (AvgIpc) is 2.89. The van der Waals surface area contributed by atoms with E-state index < -0.39 is 0 Å². The largest absolute Gasteiger partial charge is 0.494 e. The maximum atomic E-state index is 8.95. The number of thiazole rings is 1. The molecule has 2 rings (SSSR count). The summed E-state index contributed by atoms with van der Waals surface area (Å²) in [5.41, 5.74) is 0. The van der Waals surface area contributed by atoms with Crippen molar-refractivity contribution in [1.29, 1.82) is 0 Å². The van der Waals surface area contributed by atoms with Crippen molar-refractivity contribution >= 4 is 11.3 Å². The van der Waals surface area contributed by atoms with Crippen molar-refractivity contribution < 1.29 is 14.6 Å². The second-order valence-corrected chi connectivity index (χ2v) is 5.08. The minimum Gasteiger partial charge on any atom is -0.494 e. The minimum absolute atomic E-state index is 0.0530. The van der Waals surface area contributed by atoms with E-state index in [4.69, 9.17) is 14.6 Å². The molecule has 0 amide bonds. The van der Waals surface area contributed by atoms with Gasteiger partial charge in [0.2, 0.25) is 0 Å². The molecule has 0 fully saturated rings. The molecule has 0 unspecified atom stereocenters. The van der Waals surface area contributed by atoms with Gasteiger partial charge >= 0.3 is 0 Å². The molecule has 1 aromatic carbocycles. The SMILES string of the molecule is CCOc1ccc(OCCc2ncc(CO)s2)cc1. The van der Waals surface area contributed by atoms with E-state index in [-0.39, 0.29) is 6.61 Å². The van der Waals surface area contributed by atoms with E-state index in [1.807, 2.05) is 31.2 Å². The Hall–Kier alpha value is -1.59. The van der Waals surface area contributed by atoms with Crippen LogP contribution in [0.1, 0.15) is 16.8 Å². The molecule has 0 radical (unpaired) electrons. The highest BCUT2D eigenvalue weighted by Crippen LogP contribution is 2.18. The van der Waals surface area contributed by atoms with Crippen LogP contribution in [0.3, 0.4) is 0 Å². The monoisotopic (exact) mass is 279 g/mol. The van der Waals surface area contributed by atoms with E-state index in [0.29, 0.717) is 13.2 Å². The highest BCUT2D eigenvalue weighted by molar-refractivity contribution is 7.11. The van der Waals surface area contributed by atoms with E-state index >= 15 is 0 Å². The van der Waals surface area contributed by atoms with Gasteiger partial charge in [-0.1, -0.05) is 0 Å². The first kappa shape index (κ1) is 13.8. The lowest BCUT2D eigenvalue weighted by Crippen LogP contribution is -2.01. The van der Waals surface area contributed by atoms with Crippen LogP contribution >= 0.6 is 11.3 Å². The average molecular weight is 279 g/mol. The molecule has 102 valence electrons. The first-order chi connectivity index (χ1) is 9.31. The Morgan fingerprint density at radius 1 is 1.16 bits per heavy atom. The van der Waals surface area contributed by atoms with Crippen LogP contribution in [0.25, 0.3) is 0 Å². The zero-order chi connectivity index (χ0) is 13.5. The van der Waals surface area contributed by atoms with Crippen LogP contribution in [-0.4, -0.2) is 23.3 Å². The fraction of sp³-hybridized carbons (Fsp3) is 0.357. The predicted molar refractivity (Wildman–Crippen MR) is 74.8 cm³/mol. The fourth-order valence-electron chi connectivity index (χ4n) is 1.59. The van der Waals surface area contributed by atoms with Gasteiger partial charge in [-0.15, -0.1) is 11.3 Å². The van der Waals surface area contributed by atoms with Crippen molar-refractivity contribution in [3.8, 4) is 11.5 Å². The maximum absolute atomic E-state index is 8.95. The Morgan fingerprint density at radius 2 is 1.84 bits per heavy atom. The standard InChI is InChI=1S/C14H17NO3S/c1-2-17-11-3-5-12(6-4-11)18-8-7-14-15-9-13(10-16)19-14/h3-6,9,16H,2,7-8,10H2,1H3. The van der Waals surface area contributed by atoms with Crippen LogP contribution < -0.4 is 9.47 Å². The summed E-state index contributed by atoms with van der Waals surface area (Å²) >= 11 is 1.52. The highest BCUT2D eigenvalue weighted by atomic mass is 32.1. The number of nitrogens with zero attached hydrogens (tertiary/aromatic N) is 1. The van der Waals surface area contributed by atoms with Gasteiger partial charge in [-0.25, -0.2) is 4.98 Å². The Kier molecular flexibility index (Phi) is 5.18. The van der Waals surface area contributed by atoms with Crippen molar-refractivity contribution in [2.75, 3.05) is 13.2 Å². The number of ether oxygens (including phenoxy) is 2. The fourth-order valence-corrected chi connectivity index (χ4v) is 2.36. The van der Waals surface area contributed by atoms with Crippen molar-refractivity contribution in [2.24, 2.45) is 0 Å². The topological polar surface area (TPSA) is 51.6 Å². The molecule has 5 heteroatoms. The molecule has 0 bridgehead atoms. The van der Waals surface area contributed by atoms with Gasteiger partial charge in [0.1, 0.15) is 11.5 Å². The number of aliphatic hydroxyl groups is 1. The summed E-state index contributed by atoms with van der Waals surface area (Å²) < 4.78 is 11.0. The lowest BCUT2D eigenvalue weighted by Gasteiger charge is -2.06. The summed E-state index contributed by atoms with van der Waals surface area (Å²) in [5, 5.41) is 9.93. The summed E-state index contributed by atoms with van der Waals surface area (Å²) in [6, 6.07) is 7.58. The van der Waals surface area contributed by atoms with Gasteiger partial charge in [0.05, 0.1) is 29.7 Å². The van der Waals surface area contributed by atoms with Crippen molar-refractivity contribution in [3.63, 3.8) is 0 Å². The van der Waals surface area contributed by atoms with E-state index in [1.54, 1.807) is 6.20 Å². The lowest BCUT2D eigenvalue weighted by atomic mass is 10.3. The molecule has 1 aromatic heterocycles. The minimum atomic E-state index is 0.0530. The third-order valence-electron chi connectivity index (χ3n) is 2.48. The van der Waals surface area contributed by atoms with Crippen LogP contribution in [0.15, 0.2) is 30.5 Å². The molecule has 4 nitrogen and oxygen atoms in total. The predicted octanol–water partition coefficient (Wildman–Crippen LogP) is 2.66. The van der Waals surface area contributed by atoms with Crippen LogP contribution in [0.5, 0.6) is 11.5 Å². The normalized spacial score (nSPS) is 10.4. The smallest absolute Gasteiger partial charge is 0.119 e. The zero-order valence-electron chi connectivity index (χ0n) is 10.8. The Morgan fingerprint density at radius 3 is 2.42 bits per heavy atom. The quantitative estimate of drug-likeness (QED) is 0.846. The third kappa shape index (κ3) is 4.22. The number of hydrogen-bond donors (Lipinski definition) is 1. The van der Waals surface area contributed by atoms with Crippen LogP contribution in [0, 0.1) is 0 Å². The molecule has 0 spiro atoms. The number of aliphatic hydroxyl groups excluding tert-OH is 1. The summed E-state index contributed by atoms with van der Waals surface area (Å²) in [7, 11) is 0. The van der Waals surface area contributed by atoms with E-state index in [2.05, 4.69) is 4.98 Å². The molecule has 2 aromatic rings. The van der Waals surface area contributed by atoms with Gasteiger partial charge in [-0.3, -0.25) is 0 Å². The van der Waals surface area contributed by atoms with Gasteiger partial charge in [0.25, 0.3) is 0 Å². The van der Waals surface area contributed by atoms with Gasteiger partial charge in [-0.2, -0.15) is 0 Å². The maximum Gasteiger partial charge on any atom is 0.119 e. The van der Waals surface area contributed by atoms with E-state index in [9.17, 15) is 0 Å². The van der Waals surface area contributed by atoms with Crippen LogP contribution in [-0.2, 0) is 13.0 Å². The van der Waals surface area contributed by atoms with Crippen molar-refractivity contribution in [3.05, 3.63) is 40.3 Å². The van der Waals surface area contributed by atoms with Gasteiger partial charge in [0.15, 0.2) is 0 Å². The summed E-state index contributed by atoms with van der Waals surface area (Å²) in [6.45, 7) is 3.25. The zero-order valence-corrected chi connectivity index (χ0v) is 11.7. The lowest BCUT2D eigenvalue weighted by molar-refractivity contribution is 0.285. The van der Waals surface area contributed by atoms with E-state index in [1.165, 1.54) is 11.3 Å². The van der Waals surface area contributed by atoms with Crippen molar-refractivity contribution in [1.82, 2.24) is 4.98 Å². The molecule has 0 saturated heterocycles. The number of benzene rings is 1. The number of rotatable bonds is 7. The molecule has 0 aliphatic rings. The molecular weight excluding hydrogens is 262 g/mol. The molecule has 19 heavy (non-hydrogen) atoms. The molecule has 0 saturated carbocycles. The number of hydrogen-bond acceptors (Lipinski definition) is 5. The molecule has 0 aliphatic heterocycles. The first-order valence-corrected chi connectivity index (χ1v) is 7.03.